The predicted octanol–water partition coefficient (Wildman–Crippen LogP) is 3.98. The molecule has 0 saturated heterocycles. The van der Waals surface area contributed by atoms with Gasteiger partial charge in [-0.2, -0.15) is 0 Å². The van der Waals surface area contributed by atoms with Crippen LogP contribution in [-0.2, 0) is 0 Å². The summed E-state index contributed by atoms with van der Waals surface area (Å²) in [6, 6.07) is 0.837. The molecule has 1 N–H and O–H groups in total. The fourth-order valence-corrected chi connectivity index (χ4v) is 3.04. The molecule has 0 aliphatic heterocycles. The van der Waals surface area contributed by atoms with Gasteiger partial charge < -0.3 is 5.32 Å². The van der Waals surface area contributed by atoms with Gasteiger partial charge in [0.2, 0.25) is 0 Å². The molecule has 0 spiro atoms. The van der Waals surface area contributed by atoms with Crippen molar-refractivity contribution in [3.05, 3.63) is 0 Å². The highest BCUT2D eigenvalue weighted by molar-refractivity contribution is 4.83. The lowest BCUT2D eigenvalue weighted by molar-refractivity contribution is 0.318. The van der Waals surface area contributed by atoms with Crippen molar-refractivity contribution in [3.63, 3.8) is 0 Å². The van der Waals surface area contributed by atoms with Gasteiger partial charge in [0.1, 0.15) is 0 Å². The van der Waals surface area contributed by atoms with Gasteiger partial charge >= 0.3 is 0 Å². The first-order chi connectivity index (χ1) is 7.27. The average molecular weight is 211 g/mol. The normalized spacial score (nSPS) is 28.2. The Morgan fingerprint density at radius 1 is 1.20 bits per heavy atom. The summed E-state index contributed by atoms with van der Waals surface area (Å²) >= 11 is 0. The van der Waals surface area contributed by atoms with E-state index in [4.69, 9.17) is 0 Å². The summed E-state index contributed by atoms with van der Waals surface area (Å²) in [6.45, 7) is 8.21. The van der Waals surface area contributed by atoms with Crippen molar-refractivity contribution in [2.45, 2.75) is 71.8 Å². The van der Waals surface area contributed by atoms with Gasteiger partial charge in [-0.3, -0.25) is 0 Å². The highest BCUT2D eigenvalue weighted by atomic mass is 14.9. The molecule has 1 rings (SSSR count). The number of hydrogen-bond donors (Lipinski definition) is 1. The molecule has 0 radical (unpaired) electrons. The van der Waals surface area contributed by atoms with Gasteiger partial charge in [-0.25, -0.2) is 0 Å². The maximum atomic E-state index is 3.73. The van der Waals surface area contributed by atoms with Crippen molar-refractivity contribution in [2.24, 2.45) is 11.8 Å². The van der Waals surface area contributed by atoms with Crippen LogP contribution in [0.3, 0.4) is 0 Å². The van der Waals surface area contributed by atoms with Gasteiger partial charge in [-0.15, -0.1) is 0 Å². The summed E-state index contributed by atoms with van der Waals surface area (Å²) in [5, 5.41) is 3.73. The van der Waals surface area contributed by atoms with Crippen LogP contribution in [0.15, 0.2) is 0 Å². The van der Waals surface area contributed by atoms with Crippen molar-refractivity contribution >= 4 is 0 Å². The van der Waals surface area contributed by atoms with E-state index in [1.165, 1.54) is 51.5 Å². The molecule has 1 aliphatic carbocycles. The molecule has 0 bridgehead atoms. The first kappa shape index (κ1) is 13.0. The summed E-state index contributed by atoms with van der Waals surface area (Å²) in [4.78, 5) is 0. The zero-order chi connectivity index (χ0) is 11.1. The van der Waals surface area contributed by atoms with E-state index in [1.807, 2.05) is 0 Å². The van der Waals surface area contributed by atoms with Crippen LogP contribution >= 0.6 is 0 Å². The van der Waals surface area contributed by atoms with Crippen molar-refractivity contribution in [3.8, 4) is 0 Å². The third kappa shape index (κ3) is 4.55. The van der Waals surface area contributed by atoms with E-state index in [0.717, 1.165) is 17.9 Å². The lowest BCUT2D eigenvalue weighted by Gasteiger charge is -2.23. The molecular formula is C14H29N. The monoisotopic (exact) mass is 211 g/mol. The van der Waals surface area contributed by atoms with E-state index in [0.29, 0.717) is 0 Å². The minimum atomic E-state index is 0.837. The molecule has 0 aromatic heterocycles. The van der Waals surface area contributed by atoms with Gasteiger partial charge in [0.15, 0.2) is 0 Å². The Bertz CT molecular complexity index is 155. The molecular weight excluding hydrogens is 182 g/mol. The molecule has 0 heterocycles. The Labute approximate surface area is 96.0 Å². The second kappa shape index (κ2) is 7.27. The van der Waals surface area contributed by atoms with E-state index in [2.05, 4.69) is 26.1 Å². The molecule has 1 heteroatoms. The Hall–Kier alpha value is -0.0400. The van der Waals surface area contributed by atoms with Gasteiger partial charge in [-0.05, 0) is 44.1 Å². The van der Waals surface area contributed by atoms with Crippen LogP contribution in [0.1, 0.15) is 65.7 Å². The Morgan fingerprint density at radius 3 is 2.67 bits per heavy atom. The lowest BCUT2D eigenvalue weighted by atomic mass is 9.89. The molecule has 1 aliphatic rings. The van der Waals surface area contributed by atoms with Crippen LogP contribution in [0.4, 0.5) is 0 Å². The third-order valence-corrected chi connectivity index (χ3v) is 3.80. The minimum Gasteiger partial charge on any atom is -0.314 e. The first-order valence-electron chi connectivity index (χ1n) is 7.01. The summed E-state index contributed by atoms with van der Waals surface area (Å²) in [5.74, 6) is 1.90. The average Bonchev–Trinajstić information content (AvgIpc) is 2.63. The second-order valence-electron chi connectivity index (χ2n) is 5.38. The van der Waals surface area contributed by atoms with Crippen LogP contribution in [0, 0.1) is 11.8 Å². The van der Waals surface area contributed by atoms with Crippen LogP contribution in [0.25, 0.3) is 0 Å². The second-order valence-corrected chi connectivity index (χ2v) is 5.38. The molecule has 1 nitrogen and oxygen atoms in total. The van der Waals surface area contributed by atoms with Crippen LogP contribution in [0.2, 0.25) is 0 Å². The Morgan fingerprint density at radius 2 is 2.00 bits per heavy atom. The van der Waals surface area contributed by atoms with Crippen LogP contribution in [0.5, 0.6) is 0 Å². The topological polar surface area (TPSA) is 12.0 Å². The van der Waals surface area contributed by atoms with E-state index < -0.39 is 0 Å². The quantitative estimate of drug-likeness (QED) is 0.671. The minimum absolute atomic E-state index is 0.837. The van der Waals surface area contributed by atoms with Crippen molar-refractivity contribution < 1.29 is 0 Å². The zero-order valence-corrected chi connectivity index (χ0v) is 10.9. The highest BCUT2D eigenvalue weighted by Gasteiger charge is 2.27. The van der Waals surface area contributed by atoms with Gasteiger partial charge in [0.25, 0.3) is 0 Å². The van der Waals surface area contributed by atoms with Gasteiger partial charge in [0, 0.05) is 6.04 Å². The number of hydrogen-bond acceptors (Lipinski definition) is 1. The van der Waals surface area contributed by atoms with E-state index in [1.54, 1.807) is 0 Å². The molecule has 0 aromatic rings. The van der Waals surface area contributed by atoms with Crippen molar-refractivity contribution in [1.82, 2.24) is 5.32 Å². The van der Waals surface area contributed by atoms with Crippen LogP contribution in [-0.4, -0.2) is 12.6 Å². The van der Waals surface area contributed by atoms with Crippen molar-refractivity contribution in [1.29, 1.82) is 0 Å². The highest BCUT2D eigenvalue weighted by Crippen LogP contribution is 2.32. The molecule has 15 heavy (non-hydrogen) atoms. The van der Waals surface area contributed by atoms with Gasteiger partial charge in [0.05, 0.1) is 0 Å². The van der Waals surface area contributed by atoms with E-state index in [9.17, 15) is 0 Å². The molecule has 3 atom stereocenters. The molecule has 90 valence electrons. The molecule has 0 aromatic carbocycles. The van der Waals surface area contributed by atoms with Crippen LogP contribution < -0.4 is 5.32 Å². The third-order valence-electron chi connectivity index (χ3n) is 3.80. The standard InChI is InChI=1S/C14H29N/c1-4-7-12(3)11-13-8-6-9-14(13)15-10-5-2/h12-15H,4-11H2,1-3H3. The lowest BCUT2D eigenvalue weighted by Crippen LogP contribution is -2.33. The molecule has 3 unspecified atom stereocenters. The SMILES string of the molecule is CCCNC1CCCC1CC(C)CCC. The smallest absolute Gasteiger partial charge is 0.00954 e. The first-order valence-corrected chi connectivity index (χ1v) is 7.01. The summed E-state index contributed by atoms with van der Waals surface area (Å²) < 4.78 is 0. The zero-order valence-electron chi connectivity index (χ0n) is 10.9. The summed E-state index contributed by atoms with van der Waals surface area (Å²) in [5.41, 5.74) is 0. The Kier molecular flexibility index (Phi) is 6.31. The molecule has 0 amide bonds. The summed E-state index contributed by atoms with van der Waals surface area (Å²) in [6.07, 6.45) is 9.82. The van der Waals surface area contributed by atoms with Gasteiger partial charge in [-0.1, -0.05) is 40.0 Å². The predicted molar refractivity (Wildman–Crippen MR) is 68.1 cm³/mol. The molecule has 1 fully saturated rings. The largest absolute Gasteiger partial charge is 0.314 e. The maximum absolute atomic E-state index is 3.73. The van der Waals surface area contributed by atoms with Crippen molar-refractivity contribution in [2.75, 3.05) is 6.54 Å². The number of nitrogens with one attached hydrogen (secondary N) is 1. The Balaban J connectivity index is 2.26. The van der Waals surface area contributed by atoms with E-state index >= 15 is 0 Å². The fourth-order valence-electron chi connectivity index (χ4n) is 3.04. The maximum Gasteiger partial charge on any atom is 0.00954 e. The van der Waals surface area contributed by atoms with E-state index in [-0.39, 0.29) is 0 Å². The summed E-state index contributed by atoms with van der Waals surface area (Å²) in [7, 11) is 0. The fraction of sp³-hybridized carbons (Fsp3) is 1.00. The molecule has 1 saturated carbocycles. The number of rotatable bonds is 7.